The second-order valence-corrected chi connectivity index (χ2v) is 6.09. The number of nitrogens with one attached hydrogen (secondary N) is 1. The summed E-state index contributed by atoms with van der Waals surface area (Å²) in [5.41, 5.74) is 0. The van der Waals surface area contributed by atoms with Crippen molar-refractivity contribution in [2.45, 2.75) is 30.7 Å². The molecule has 0 aliphatic rings. The molecule has 5 heteroatoms. The van der Waals surface area contributed by atoms with E-state index in [1.807, 2.05) is 18.2 Å². The van der Waals surface area contributed by atoms with Gasteiger partial charge >= 0.3 is 5.97 Å². The Bertz CT molecular complexity index is 401. The van der Waals surface area contributed by atoms with Crippen molar-refractivity contribution < 1.29 is 9.53 Å². The summed E-state index contributed by atoms with van der Waals surface area (Å²) in [5, 5.41) is 3.22. The van der Waals surface area contributed by atoms with Crippen LogP contribution in [0.2, 0.25) is 0 Å². The highest BCUT2D eigenvalue weighted by molar-refractivity contribution is 9.10. The van der Waals surface area contributed by atoms with Crippen LogP contribution in [0.4, 0.5) is 0 Å². The number of ether oxygens (including phenoxy) is 1. The van der Waals surface area contributed by atoms with Crippen molar-refractivity contribution in [1.29, 1.82) is 0 Å². The van der Waals surface area contributed by atoms with Crippen LogP contribution in [0, 0.1) is 0 Å². The van der Waals surface area contributed by atoms with Gasteiger partial charge in [0.25, 0.3) is 0 Å². The zero-order valence-corrected chi connectivity index (χ0v) is 13.7. The van der Waals surface area contributed by atoms with Crippen LogP contribution in [0.25, 0.3) is 0 Å². The molecule has 0 spiro atoms. The highest BCUT2D eigenvalue weighted by Crippen LogP contribution is 2.27. The molecule has 1 N–H and O–H groups in total. The second kappa shape index (κ2) is 9.39. The lowest BCUT2D eigenvalue weighted by molar-refractivity contribution is -0.143. The van der Waals surface area contributed by atoms with Crippen LogP contribution in [0.15, 0.2) is 33.6 Å². The number of carbonyl (C=O) groups excluding carboxylic acids is 1. The third-order valence-electron chi connectivity index (χ3n) is 2.63. The largest absolute Gasteiger partial charge is 0.468 e. The molecule has 1 rings (SSSR count). The van der Waals surface area contributed by atoms with Gasteiger partial charge < -0.3 is 10.1 Å². The number of rotatable bonds is 8. The monoisotopic (exact) mass is 345 g/mol. The van der Waals surface area contributed by atoms with Gasteiger partial charge in [0.1, 0.15) is 6.04 Å². The number of thioether (sulfide) groups is 1. The van der Waals surface area contributed by atoms with Gasteiger partial charge in [-0.05, 0) is 47.4 Å². The van der Waals surface area contributed by atoms with Crippen LogP contribution < -0.4 is 5.32 Å². The summed E-state index contributed by atoms with van der Waals surface area (Å²) in [6.07, 6.45) is 1.77. The average molecular weight is 346 g/mol. The number of methoxy groups -OCH3 is 1. The lowest BCUT2D eigenvalue weighted by Crippen LogP contribution is -2.38. The van der Waals surface area contributed by atoms with Crippen molar-refractivity contribution in [2.75, 3.05) is 19.4 Å². The van der Waals surface area contributed by atoms with E-state index in [1.165, 1.54) is 12.0 Å². The van der Waals surface area contributed by atoms with Crippen LogP contribution in [0.3, 0.4) is 0 Å². The molecule has 0 aromatic heterocycles. The number of benzene rings is 1. The van der Waals surface area contributed by atoms with Crippen molar-refractivity contribution in [2.24, 2.45) is 0 Å². The van der Waals surface area contributed by atoms with E-state index in [2.05, 4.69) is 34.2 Å². The molecule has 1 unspecified atom stereocenters. The zero-order chi connectivity index (χ0) is 14.1. The molecule has 1 atom stereocenters. The van der Waals surface area contributed by atoms with Crippen molar-refractivity contribution in [3.63, 3.8) is 0 Å². The highest BCUT2D eigenvalue weighted by Gasteiger charge is 2.17. The maximum atomic E-state index is 11.6. The third-order valence-corrected chi connectivity index (χ3v) is 4.69. The summed E-state index contributed by atoms with van der Waals surface area (Å²) in [6.45, 7) is 2.91. The van der Waals surface area contributed by atoms with Gasteiger partial charge in [0.2, 0.25) is 0 Å². The van der Waals surface area contributed by atoms with E-state index in [0.717, 1.165) is 29.6 Å². The van der Waals surface area contributed by atoms with E-state index in [-0.39, 0.29) is 12.0 Å². The predicted molar refractivity (Wildman–Crippen MR) is 83.6 cm³/mol. The smallest absolute Gasteiger partial charge is 0.322 e. The Morgan fingerprint density at radius 3 is 2.84 bits per heavy atom. The van der Waals surface area contributed by atoms with Crippen molar-refractivity contribution in [3.8, 4) is 0 Å². The molecule has 0 aliphatic heterocycles. The van der Waals surface area contributed by atoms with Gasteiger partial charge in [0.05, 0.1) is 7.11 Å². The maximum Gasteiger partial charge on any atom is 0.322 e. The van der Waals surface area contributed by atoms with Crippen molar-refractivity contribution in [1.82, 2.24) is 5.32 Å². The molecule has 0 bridgehead atoms. The number of hydrogen-bond donors (Lipinski definition) is 1. The van der Waals surface area contributed by atoms with Gasteiger partial charge in [-0.2, -0.15) is 0 Å². The van der Waals surface area contributed by atoms with E-state index in [0.29, 0.717) is 0 Å². The molecule has 0 amide bonds. The molecule has 1 aromatic rings. The molecule has 0 saturated heterocycles. The molecule has 0 fully saturated rings. The van der Waals surface area contributed by atoms with Gasteiger partial charge in [-0.25, -0.2) is 0 Å². The quantitative estimate of drug-likeness (QED) is 0.578. The van der Waals surface area contributed by atoms with E-state index in [9.17, 15) is 4.79 Å². The predicted octanol–water partition coefficient (Wildman–Crippen LogP) is 3.47. The molecular formula is C14H20BrNO2S. The van der Waals surface area contributed by atoms with Crippen LogP contribution >= 0.6 is 27.7 Å². The fraction of sp³-hybridized carbons (Fsp3) is 0.500. The van der Waals surface area contributed by atoms with E-state index < -0.39 is 0 Å². The van der Waals surface area contributed by atoms with Crippen LogP contribution in [-0.2, 0) is 9.53 Å². The number of hydrogen-bond acceptors (Lipinski definition) is 4. The van der Waals surface area contributed by atoms with Crippen LogP contribution in [-0.4, -0.2) is 31.4 Å². The molecule has 3 nitrogen and oxygen atoms in total. The highest BCUT2D eigenvalue weighted by atomic mass is 79.9. The number of esters is 1. The van der Waals surface area contributed by atoms with E-state index in [4.69, 9.17) is 4.74 Å². The Balaban J connectivity index is 2.43. The van der Waals surface area contributed by atoms with Gasteiger partial charge in [-0.15, -0.1) is 11.8 Å². The van der Waals surface area contributed by atoms with Crippen LogP contribution in [0.5, 0.6) is 0 Å². The van der Waals surface area contributed by atoms with Crippen molar-refractivity contribution in [3.05, 3.63) is 28.7 Å². The first-order valence-electron chi connectivity index (χ1n) is 6.37. The Morgan fingerprint density at radius 2 is 2.21 bits per heavy atom. The summed E-state index contributed by atoms with van der Waals surface area (Å²) >= 11 is 5.26. The fourth-order valence-corrected chi connectivity index (χ4v) is 3.19. The molecule has 0 aliphatic carbocycles. The van der Waals surface area contributed by atoms with Crippen LogP contribution in [0.1, 0.15) is 19.8 Å². The molecule has 1 aromatic carbocycles. The Hall–Kier alpha value is -0.520. The first kappa shape index (κ1) is 16.5. The summed E-state index contributed by atoms with van der Waals surface area (Å²) in [4.78, 5) is 12.8. The Morgan fingerprint density at radius 1 is 1.47 bits per heavy atom. The average Bonchev–Trinajstić information content (AvgIpc) is 2.43. The SMILES string of the molecule is CCCNC(CCSc1ccccc1Br)C(=O)OC. The van der Waals surface area contributed by atoms with E-state index in [1.54, 1.807) is 11.8 Å². The third kappa shape index (κ3) is 5.97. The molecule has 0 saturated carbocycles. The summed E-state index contributed by atoms with van der Waals surface area (Å²) in [7, 11) is 1.43. The molecule has 0 radical (unpaired) electrons. The Labute approximate surface area is 127 Å². The lowest BCUT2D eigenvalue weighted by atomic mass is 10.2. The molecule has 106 valence electrons. The Kier molecular flexibility index (Phi) is 8.18. The topological polar surface area (TPSA) is 38.3 Å². The summed E-state index contributed by atoms with van der Waals surface area (Å²) in [5.74, 6) is 0.695. The lowest BCUT2D eigenvalue weighted by Gasteiger charge is -2.15. The molecular weight excluding hydrogens is 326 g/mol. The summed E-state index contributed by atoms with van der Waals surface area (Å²) in [6, 6.07) is 7.89. The fourth-order valence-electron chi connectivity index (χ4n) is 1.61. The minimum Gasteiger partial charge on any atom is -0.468 e. The van der Waals surface area contributed by atoms with Gasteiger partial charge in [0, 0.05) is 15.1 Å². The maximum absolute atomic E-state index is 11.6. The second-order valence-electron chi connectivity index (χ2n) is 4.10. The zero-order valence-electron chi connectivity index (χ0n) is 11.3. The van der Waals surface area contributed by atoms with E-state index >= 15 is 0 Å². The number of halogens is 1. The molecule has 0 heterocycles. The number of carbonyl (C=O) groups is 1. The van der Waals surface area contributed by atoms with Gasteiger partial charge in [0.15, 0.2) is 0 Å². The van der Waals surface area contributed by atoms with Gasteiger partial charge in [-0.3, -0.25) is 4.79 Å². The standard InChI is InChI=1S/C14H20BrNO2S/c1-3-9-16-12(14(17)18-2)8-10-19-13-7-5-4-6-11(13)15/h4-7,12,16H,3,8-10H2,1-2H3. The molecule has 19 heavy (non-hydrogen) atoms. The van der Waals surface area contributed by atoms with Crippen molar-refractivity contribution >= 4 is 33.7 Å². The normalized spacial score (nSPS) is 12.2. The minimum absolute atomic E-state index is 0.179. The first-order valence-corrected chi connectivity index (χ1v) is 8.15. The minimum atomic E-state index is -0.208. The van der Waals surface area contributed by atoms with Gasteiger partial charge in [-0.1, -0.05) is 19.1 Å². The first-order chi connectivity index (χ1) is 9.19. The summed E-state index contributed by atoms with van der Waals surface area (Å²) < 4.78 is 5.91.